The first-order valence-corrected chi connectivity index (χ1v) is 14.1. The number of esters is 1. The van der Waals surface area contributed by atoms with Crippen molar-refractivity contribution in [1.82, 2.24) is 9.13 Å². The first-order chi connectivity index (χ1) is 18.2. The first kappa shape index (κ1) is 26.4. The summed E-state index contributed by atoms with van der Waals surface area (Å²) in [5.74, 6) is -0.509. The molecule has 4 aromatic rings. The van der Waals surface area contributed by atoms with Gasteiger partial charge in [-0.2, -0.15) is 0 Å². The Hall–Kier alpha value is -3.20. The van der Waals surface area contributed by atoms with Gasteiger partial charge in [0.25, 0.3) is 5.56 Å². The number of ether oxygens (including phenoxy) is 1. The molecule has 6 nitrogen and oxygen atoms in total. The lowest BCUT2D eigenvalue weighted by atomic mass is 9.96. The Balaban J connectivity index is 1.72. The Labute approximate surface area is 237 Å². The largest absolute Gasteiger partial charge is 0.463 e. The third-order valence-corrected chi connectivity index (χ3v) is 8.56. The molecule has 0 saturated carbocycles. The Bertz CT molecular complexity index is 1800. The lowest BCUT2D eigenvalue weighted by Crippen LogP contribution is -2.40. The summed E-state index contributed by atoms with van der Waals surface area (Å²) < 4.78 is 10.6. The number of halogens is 2. The maximum absolute atomic E-state index is 13.9. The van der Waals surface area contributed by atoms with Crippen LogP contribution in [0.2, 0.25) is 5.02 Å². The maximum Gasteiger partial charge on any atom is 0.338 e. The number of para-hydroxylation sites is 1. The fourth-order valence-electron chi connectivity index (χ4n) is 4.86. The van der Waals surface area contributed by atoms with Crippen molar-refractivity contribution in [2.75, 3.05) is 6.61 Å². The summed E-state index contributed by atoms with van der Waals surface area (Å²) in [6, 6.07) is 16.6. The van der Waals surface area contributed by atoms with Gasteiger partial charge in [-0.1, -0.05) is 53.3 Å². The number of thiazole rings is 1. The summed E-state index contributed by atoms with van der Waals surface area (Å²) in [6.07, 6.45) is 1.90. The van der Waals surface area contributed by atoms with Gasteiger partial charge in [-0.05, 0) is 85.1 Å². The van der Waals surface area contributed by atoms with E-state index in [0.717, 1.165) is 27.1 Å². The minimum absolute atomic E-state index is 0.211. The first-order valence-electron chi connectivity index (χ1n) is 12.1. The molecule has 0 spiro atoms. The number of hydrogen-bond donors (Lipinski definition) is 0. The number of hydrogen-bond acceptors (Lipinski definition) is 5. The average Bonchev–Trinajstić information content (AvgIpc) is 3.33. The van der Waals surface area contributed by atoms with Gasteiger partial charge in [0.05, 0.1) is 28.1 Å². The van der Waals surface area contributed by atoms with Crippen molar-refractivity contribution in [1.29, 1.82) is 0 Å². The fourth-order valence-corrected chi connectivity index (χ4v) is 6.60. The summed E-state index contributed by atoms with van der Waals surface area (Å²) in [5, 5.41) is 0.459. The van der Waals surface area contributed by atoms with E-state index in [-0.39, 0.29) is 12.2 Å². The van der Waals surface area contributed by atoms with E-state index < -0.39 is 12.0 Å². The van der Waals surface area contributed by atoms with Gasteiger partial charge in [-0.25, -0.2) is 9.79 Å². The zero-order valence-corrected chi connectivity index (χ0v) is 24.4. The van der Waals surface area contributed by atoms with Gasteiger partial charge >= 0.3 is 5.97 Å². The molecule has 2 aromatic carbocycles. The van der Waals surface area contributed by atoms with Crippen molar-refractivity contribution in [3.8, 4) is 5.69 Å². The van der Waals surface area contributed by atoms with Crippen LogP contribution in [0.25, 0.3) is 11.8 Å². The number of aromatic nitrogens is 2. The van der Waals surface area contributed by atoms with E-state index in [1.807, 2.05) is 62.4 Å². The second-order valence-electron chi connectivity index (χ2n) is 8.94. The van der Waals surface area contributed by atoms with Crippen molar-refractivity contribution in [3.63, 3.8) is 0 Å². The minimum atomic E-state index is -0.742. The summed E-state index contributed by atoms with van der Waals surface area (Å²) in [7, 11) is 0. The maximum atomic E-state index is 13.9. The second kappa shape index (κ2) is 10.5. The smallest absolute Gasteiger partial charge is 0.338 e. The number of rotatable bonds is 5. The molecule has 2 aromatic heterocycles. The van der Waals surface area contributed by atoms with Gasteiger partial charge in [0.15, 0.2) is 4.80 Å². The minimum Gasteiger partial charge on any atom is -0.463 e. The van der Waals surface area contributed by atoms with Crippen LogP contribution in [0, 0.1) is 13.8 Å². The van der Waals surface area contributed by atoms with Crippen LogP contribution in [-0.2, 0) is 9.53 Å². The molecular formula is C29H25BrClN3O3S. The number of carbonyl (C=O) groups is 1. The zero-order chi connectivity index (χ0) is 27.1. The van der Waals surface area contributed by atoms with Crippen molar-refractivity contribution >= 4 is 50.9 Å². The molecule has 38 heavy (non-hydrogen) atoms. The molecule has 0 bridgehead atoms. The highest BCUT2D eigenvalue weighted by Gasteiger charge is 2.34. The molecule has 0 unspecified atom stereocenters. The molecule has 1 aliphatic heterocycles. The Morgan fingerprint density at radius 3 is 2.58 bits per heavy atom. The number of allylic oxidation sites excluding steroid dienone is 1. The fraction of sp³-hybridized carbons (Fsp3) is 0.207. The predicted octanol–water partition coefficient (Wildman–Crippen LogP) is 5.62. The summed E-state index contributed by atoms with van der Waals surface area (Å²) in [5.41, 5.74) is 5.23. The van der Waals surface area contributed by atoms with Gasteiger partial charge < -0.3 is 9.30 Å². The molecule has 194 valence electrons. The van der Waals surface area contributed by atoms with Crippen molar-refractivity contribution in [3.05, 3.63) is 118 Å². The molecule has 0 amide bonds. The van der Waals surface area contributed by atoms with Crippen LogP contribution in [0.4, 0.5) is 0 Å². The normalized spacial score (nSPS) is 15.4. The molecule has 0 N–H and O–H groups in total. The van der Waals surface area contributed by atoms with E-state index in [1.165, 1.54) is 11.3 Å². The molecule has 9 heteroatoms. The summed E-state index contributed by atoms with van der Waals surface area (Å²) in [4.78, 5) is 32.1. The molecule has 3 heterocycles. The topological polar surface area (TPSA) is 65.6 Å². The van der Waals surface area contributed by atoms with E-state index in [4.69, 9.17) is 16.3 Å². The number of nitrogens with zero attached hydrogens (tertiary/aromatic N) is 3. The van der Waals surface area contributed by atoms with Gasteiger partial charge in [0, 0.05) is 20.9 Å². The van der Waals surface area contributed by atoms with Crippen LogP contribution < -0.4 is 14.9 Å². The van der Waals surface area contributed by atoms with E-state index in [0.29, 0.717) is 31.2 Å². The van der Waals surface area contributed by atoms with Crippen LogP contribution in [0.1, 0.15) is 42.4 Å². The number of fused-ring (bicyclic) bond motifs is 1. The predicted molar refractivity (Wildman–Crippen MR) is 155 cm³/mol. The van der Waals surface area contributed by atoms with Gasteiger partial charge in [0.2, 0.25) is 0 Å². The van der Waals surface area contributed by atoms with E-state index in [1.54, 1.807) is 24.5 Å². The Morgan fingerprint density at radius 1 is 1.16 bits per heavy atom. The molecule has 0 radical (unpaired) electrons. The highest BCUT2D eigenvalue weighted by molar-refractivity contribution is 9.10. The van der Waals surface area contributed by atoms with Crippen LogP contribution in [0.5, 0.6) is 0 Å². The SMILES string of the molecule is CCOC(=O)C1=C(C)N=c2s/c(=C/c3cc(C)n(-c4ccccc4Br)c3C)c(=O)n2[C@H]1c1ccccc1Cl. The number of benzene rings is 2. The van der Waals surface area contributed by atoms with E-state index in [9.17, 15) is 9.59 Å². The third kappa shape index (κ3) is 4.51. The molecule has 1 atom stereocenters. The zero-order valence-electron chi connectivity index (χ0n) is 21.3. The lowest BCUT2D eigenvalue weighted by molar-refractivity contribution is -0.139. The lowest BCUT2D eigenvalue weighted by Gasteiger charge is -2.25. The second-order valence-corrected chi connectivity index (χ2v) is 11.2. The van der Waals surface area contributed by atoms with Crippen molar-refractivity contribution in [2.24, 2.45) is 4.99 Å². The van der Waals surface area contributed by atoms with Gasteiger partial charge in [-0.15, -0.1) is 0 Å². The van der Waals surface area contributed by atoms with Gasteiger partial charge in [-0.3, -0.25) is 9.36 Å². The van der Waals surface area contributed by atoms with Crippen molar-refractivity contribution in [2.45, 2.75) is 33.7 Å². The monoisotopic (exact) mass is 609 g/mol. The molecular weight excluding hydrogens is 586 g/mol. The van der Waals surface area contributed by atoms with E-state index >= 15 is 0 Å². The van der Waals surface area contributed by atoms with Crippen LogP contribution in [0.3, 0.4) is 0 Å². The number of carbonyl (C=O) groups excluding carboxylic acids is 1. The standard InChI is InChI=1S/C29H25BrClN3O3S/c1-5-37-28(36)25-17(3)32-29-34(26(25)20-10-6-8-12-22(20)31)27(35)24(38-29)15-19-14-16(2)33(18(19)4)23-13-9-7-11-21(23)30/h6-15,26H,5H2,1-4H3/b24-15+/t26-/m0/s1. The molecule has 1 aliphatic rings. The number of aryl methyl sites for hydroxylation is 1. The highest BCUT2D eigenvalue weighted by Crippen LogP contribution is 2.34. The van der Waals surface area contributed by atoms with Crippen LogP contribution in [0.15, 0.2) is 80.1 Å². The van der Waals surface area contributed by atoms with Crippen LogP contribution >= 0.6 is 38.9 Å². The molecule has 0 aliphatic carbocycles. The summed E-state index contributed by atoms with van der Waals surface area (Å²) >= 11 is 11.5. The average molecular weight is 611 g/mol. The molecule has 0 fully saturated rings. The van der Waals surface area contributed by atoms with Gasteiger partial charge in [0.1, 0.15) is 6.04 Å². The molecule has 0 saturated heterocycles. The van der Waals surface area contributed by atoms with Crippen LogP contribution in [-0.4, -0.2) is 21.7 Å². The molecule has 5 rings (SSSR count). The van der Waals surface area contributed by atoms with Crippen molar-refractivity contribution < 1.29 is 9.53 Å². The van der Waals surface area contributed by atoms with E-state index in [2.05, 4.69) is 31.6 Å². The third-order valence-electron chi connectivity index (χ3n) is 6.57. The quantitative estimate of drug-likeness (QED) is 0.276. The Kier molecular flexibility index (Phi) is 7.31. The highest BCUT2D eigenvalue weighted by atomic mass is 79.9. The Morgan fingerprint density at radius 2 is 1.87 bits per heavy atom. The summed E-state index contributed by atoms with van der Waals surface area (Å²) in [6.45, 7) is 7.79.